The molecule has 4 aromatic rings. The van der Waals surface area contributed by atoms with Crippen LogP contribution in [0.5, 0.6) is 5.75 Å². The minimum Gasteiger partial charge on any atom is -0.379 e. The first-order chi connectivity index (χ1) is 17.1. The van der Waals surface area contributed by atoms with Crippen LogP contribution in [0.2, 0.25) is 0 Å². The van der Waals surface area contributed by atoms with Gasteiger partial charge in [0.1, 0.15) is 10.6 Å². The molecule has 1 atom stereocenters. The van der Waals surface area contributed by atoms with E-state index in [1.54, 1.807) is 72.8 Å². The van der Waals surface area contributed by atoms with Crippen molar-refractivity contribution in [1.29, 1.82) is 0 Å². The van der Waals surface area contributed by atoms with E-state index in [1.807, 2.05) is 6.92 Å². The van der Waals surface area contributed by atoms with Gasteiger partial charge < -0.3 is 4.18 Å². The van der Waals surface area contributed by atoms with Gasteiger partial charge in [-0.2, -0.15) is 21.6 Å². The molecular formula is C29H23F3O3S. The quantitative estimate of drug-likeness (QED) is 0.242. The Morgan fingerprint density at radius 1 is 0.778 bits per heavy atom. The van der Waals surface area contributed by atoms with Crippen LogP contribution in [-0.4, -0.2) is 14.6 Å². The first-order valence-corrected chi connectivity index (χ1v) is 12.5. The van der Waals surface area contributed by atoms with Crippen molar-refractivity contribution < 1.29 is 25.8 Å². The van der Waals surface area contributed by atoms with Crippen molar-refractivity contribution in [3.05, 3.63) is 138 Å². The molecule has 0 saturated carbocycles. The van der Waals surface area contributed by atoms with Crippen molar-refractivity contribution >= 4 is 15.7 Å². The van der Waals surface area contributed by atoms with Gasteiger partial charge in [0.2, 0.25) is 0 Å². The number of hydrogen-bond acceptors (Lipinski definition) is 3. The normalized spacial score (nSPS) is 12.6. The van der Waals surface area contributed by atoms with Gasteiger partial charge >= 0.3 is 16.3 Å². The van der Waals surface area contributed by atoms with Gasteiger partial charge in [0, 0.05) is 0 Å². The van der Waals surface area contributed by atoms with E-state index < -0.39 is 22.2 Å². The lowest BCUT2D eigenvalue weighted by atomic mass is 9.90. The molecule has 0 amide bonds. The standard InChI is InChI=1S/C29H23F3O3S/c1-21-15-17-26(18-16-21)36(33,34)35-25-14-8-13-24(19-25)28(29(30,31)32)20-27(22-9-4-2-5-10-22)23-11-6-3-7-12-23/h2-20,28H,1H3. The van der Waals surface area contributed by atoms with Gasteiger partial charge in [-0.1, -0.05) is 96.6 Å². The third-order valence-corrected chi connectivity index (χ3v) is 6.85. The number of aryl methyl sites for hydroxylation is 1. The fraction of sp³-hybridized carbons (Fsp3) is 0.103. The first kappa shape index (κ1) is 25.3. The molecule has 7 heteroatoms. The zero-order valence-corrected chi connectivity index (χ0v) is 20.1. The number of alkyl halides is 3. The van der Waals surface area contributed by atoms with Gasteiger partial charge in [-0.15, -0.1) is 0 Å². The molecular weight excluding hydrogens is 485 g/mol. The Kier molecular flexibility index (Phi) is 7.31. The first-order valence-electron chi connectivity index (χ1n) is 11.1. The molecule has 0 aromatic heterocycles. The highest BCUT2D eigenvalue weighted by Crippen LogP contribution is 2.40. The van der Waals surface area contributed by atoms with Crippen LogP contribution >= 0.6 is 0 Å². The van der Waals surface area contributed by atoms with Gasteiger partial charge in [0.05, 0.1) is 5.92 Å². The number of rotatable bonds is 7. The van der Waals surface area contributed by atoms with Crippen LogP contribution in [0.15, 0.2) is 120 Å². The van der Waals surface area contributed by atoms with Gasteiger partial charge in [-0.3, -0.25) is 0 Å². The lowest BCUT2D eigenvalue weighted by Crippen LogP contribution is -2.20. The van der Waals surface area contributed by atoms with E-state index in [2.05, 4.69) is 0 Å². The molecule has 1 unspecified atom stereocenters. The van der Waals surface area contributed by atoms with Crippen LogP contribution in [0.1, 0.15) is 28.2 Å². The molecule has 0 radical (unpaired) electrons. The minimum absolute atomic E-state index is 0.0822. The third-order valence-electron chi connectivity index (χ3n) is 5.59. The van der Waals surface area contributed by atoms with Gasteiger partial charge in [0.15, 0.2) is 0 Å². The average molecular weight is 509 g/mol. The van der Waals surface area contributed by atoms with E-state index >= 15 is 0 Å². The van der Waals surface area contributed by atoms with E-state index in [0.717, 1.165) is 17.7 Å². The highest BCUT2D eigenvalue weighted by Gasteiger charge is 2.40. The van der Waals surface area contributed by atoms with Crippen molar-refractivity contribution in [3.8, 4) is 5.75 Å². The maximum absolute atomic E-state index is 14.4. The van der Waals surface area contributed by atoms with Gasteiger partial charge in [-0.25, -0.2) is 0 Å². The Hall–Kier alpha value is -3.84. The Balaban J connectivity index is 1.76. The topological polar surface area (TPSA) is 43.4 Å². The second-order valence-electron chi connectivity index (χ2n) is 8.25. The molecule has 4 aromatic carbocycles. The van der Waals surface area contributed by atoms with E-state index in [1.165, 1.54) is 30.3 Å². The Labute approximate surface area is 208 Å². The molecule has 0 aliphatic rings. The van der Waals surface area contributed by atoms with Crippen molar-refractivity contribution in [1.82, 2.24) is 0 Å². The Bertz CT molecular complexity index is 1400. The second-order valence-corrected chi connectivity index (χ2v) is 9.80. The molecule has 0 fully saturated rings. The van der Waals surface area contributed by atoms with Crippen molar-refractivity contribution in [2.24, 2.45) is 0 Å². The fourth-order valence-corrected chi connectivity index (χ4v) is 4.70. The summed E-state index contributed by atoms with van der Waals surface area (Å²) in [6, 6.07) is 28.8. The molecule has 0 aliphatic heterocycles. The number of allylic oxidation sites excluding steroid dienone is 1. The summed E-state index contributed by atoms with van der Waals surface area (Å²) in [7, 11) is -4.21. The van der Waals surface area contributed by atoms with Crippen LogP contribution in [-0.2, 0) is 10.1 Å². The molecule has 0 aliphatic carbocycles. The molecule has 0 bridgehead atoms. The molecule has 3 nitrogen and oxygen atoms in total. The zero-order valence-electron chi connectivity index (χ0n) is 19.3. The summed E-state index contributed by atoms with van der Waals surface area (Å²) in [4.78, 5) is -0.0822. The molecule has 0 heterocycles. The van der Waals surface area contributed by atoms with Crippen LogP contribution in [0.25, 0.3) is 5.57 Å². The Morgan fingerprint density at radius 2 is 1.33 bits per heavy atom. The maximum Gasteiger partial charge on any atom is 0.399 e. The van der Waals surface area contributed by atoms with Gasteiger partial charge in [-0.05, 0) is 53.5 Å². The maximum atomic E-state index is 14.4. The molecule has 4 rings (SSSR count). The number of halogens is 3. The van der Waals surface area contributed by atoms with Crippen LogP contribution < -0.4 is 4.18 Å². The Morgan fingerprint density at radius 3 is 1.86 bits per heavy atom. The smallest absolute Gasteiger partial charge is 0.379 e. The minimum atomic E-state index is -4.64. The lowest BCUT2D eigenvalue weighted by molar-refractivity contribution is -0.139. The highest BCUT2D eigenvalue weighted by atomic mass is 32.2. The monoisotopic (exact) mass is 508 g/mol. The molecule has 36 heavy (non-hydrogen) atoms. The summed E-state index contributed by atoms with van der Waals surface area (Å²) in [5, 5.41) is 0. The van der Waals surface area contributed by atoms with Crippen molar-refractivity contribution in [3.63, 3.8) is 0 Å². The molecule has 0 saturated heterocycles. The molecule has 0 N–H and O–H groups in total. The van der Waals surface area contributed by atoms with Crippen molar-refractivity contribution in [2.75, 3.05) is 0 Å². The molecule has 184 valence electrons. The summed E-state index contributed by atoms with van der Waals surface area (Å²) in [6.07, 6.45) is -3.47. The highest BCUT2D eigenvalue weighted by molar-refractivity contribution is 7.87. The average Bonchev–Trinajstić information content (AvgIpc) is 2.85. The SMILES string of the molecule is Cc1ccc(S(=O)(=O)Oc2cccc(C(C=C(c3ccccc3)c3ccccc3)C(F)(F)F)c2)cc1. The summed E-state index contributed by atoms with van der Waals surface area (Å²) in [6.45, 7) is 1.81. The summed E-state index contributed by atoms with van der Waals surface area (Å²) in [5.41, 5.74) is 2.41. The summed E-state index contributed by atoms with van der Waals surface area (Å²) < 4.78 is 73.7. The van der Waals surface area contributed by atoms with Crippen molar-refractivity contribution in [2.45, 2.75) is 23.9 Å². The fourth-order valence-electron chi connectivity index (χ4n) is 3.78. The van der Waals surface area contributed by atoms with Crippen LogP contribution in [0, 0.1) is 6.92 Å². The predicted molar refractivity (Wildman–Crippen MR) is 134 cm³/mol. The van der Waals surface area contributed by atoms with Gasteiger partial charge in [0.25, 0.3) is 0 Å². The van der Waals surface area contributed by atoms with E-state index in [9.17, 15) is 21.6 Å². The predicted octanol–water partition coefficient (Wildman–Crippen LogP) is 7.54. The van der Waals surface area contributed by atoms with E-state index in [-0.39, 0.29) is 16.2 Å². The zero-order chi connectivity index (χ0) is 25.8. The summed E-state index contributed by atoms with van der Waals surface area (Å²) in [5.74, 6) is -2.20. The number of hydrogen-bond donors (Lipinski definition) is 0. The summed E-state index contributed by atoms with van der Waals surface area (Å²) >= 11 is 0. The number of benzene rings is 4. The molecule has 0 spiro atoms. The van der Waals surface area contributed by atoms with Crippen LogP contribution in [0.3, 0.4) is 0 Å². The lowest BCUT2D eigenvalue weighted by Gasteiger charge is -2.20. The van der Waals surface area contributed by atoms with E-state index in [0.29, 0.717) is 16.7 Å². The van der Waals surface area contributed by atoms with E-state index in [4.69, 9.17) is 4.18 Å². The second kappa shape index (κ2) is 10.4. The largest absolute Gasteiger partial charge is 0.399 e. The third kappa shape index (κ3) is 6.04. The van der Waals surface area contributed by atoms with Crippen LogP contribution in [0.4, 0.5) is 13.2 Å².